The number of hydrogen-bond donors (Lipinski definition) is 1. The molecule has 0 radical (unpaired) electrons. The molecule has 0 aliphatic carbocycles. The first-order valence-electron chi connectivity index (χ1n) is 6.10. The van der Waals surface area contributed by atoms with Crippen LogP contribution in [0.1, 0.15) is 23.4 Å². The van der Waals surface area contributed by atoms with E-state index in [0.717, 1.165) is 6.54 Å². The zero-order chi connectivity index (χ0) is 11.0. The lowest BCUT2D eigenvalue weighted by Crippen LogP contribution is -2.28. The monoisotopic (exact) mass is 273 g/mol. The minimum Gasteiger partial charge on any atom is -0.316 e. The molecule has 1 aromatic rings. The molecule has 1 aromatic heterocycles. The zero-order valence-electron chi connectivity index (χ0n) is 10.2. The first-order valence-corrected chi connectivity index (χ1v) is 6.97. The summed E-state index contributed by atoms with van der Waals surface area (Å²) in [7, 11) is 0. The lowest BCUT2D eigenvalue weighted by atomic mass is 9.87. The van der Waals surface area contributed by atoms with E-state index in [-0.39, 0.29) is 12.4 Å². The van der Waals surface area contributed by atoms with E-state index in [1.807, 2.05) is 5.51 Å². The summed E-state index contributed by atoms with van der Waals surface area (Å²) in [5.74, 6) is 0. The van der Waals surface area contributed by atoms with Crippen LogP contribution in [0.4, 0.5) is 0 Å². The summed E-state index contributed by atoms with van der Waals surface area (Å²) < 4.78 is 0. The lowest BCUT2D eigenvalue weighted by molar-refractivity contribution is 0.270. The third-order valence-corrected chi connectivity index (χ3v) is 4.98. The smallest absolute Gasteiger partial charge is 0.0798 e. The molecule has 0 aromatic carbocycles. The van der Waals surface area contributed by atoms with E-state index < -0.39 is 0 Å². The summed E-state index contributed by atoms with van der Waals surface area (Å²) in [6.45, 7) is 8.21. The fourth-order valence-electron chi connectivity index (χ4n) is 2.99. The van der Waals surface area contributed by atoms with Gasteiger partial charge in [0.25, 0.3) is 0 Å². The van der Waals surface area contributed by atoms with Gasteiger partial charge in [0.2, 0.25) is 0 Å². The van der Waals surface area contributed by atoms with Crippen LogP contribution in [0.15, 0.2) is 5.51 Å². The Labute approximate surface area is 113 Å². The van der Waals surface area contributed by atoms with Crippen molar-refractivity contribution < 1.29 is 0 Å². The van der Waals surface area contributed by atoms with Gasteiger partial charge in [0.1, 0.15) is 0 Å². The molecule has 2 saturated heterocycles. The number of hydrogen-bond acceptors (Lipinski definition) is 4. The van der Waals surface area contributed by atoms with E-state index >= 15 is 0 Å². The Morgan fingerprint density at radius 3 is 3.06 bits per heavy atom. The molecule has 17 heavy (non-hydrogen) atoms. The fraction of sp³-hybridized carbons (Fsp3) is 0.750. The Balaban J connectivity index is 0.00000108. The molecule has 3 nitrogen and oxygen atoms in total. The van der Waals surface area contributed by atoms with E-state index in [1.165, 1.54) is 49.6 Å². The van der Waals surface area contributed by atoms with E-state index in [4.69, 9.17) is 0 Å². The van der Waals surface area contributed by atoms with Crippen molar-refractivity contribution in [2.24, 2.45) is 5.41 Å². The summed E-state index contributed by atoms with van der Waals surface area (Å²) in [6, 6.07) is 0. The van der Waals surface area contributed by atoms with Gasteiger partial charge in [-0.1, -0.05) is 0 Å². The summed E-state index contributed by atoms with van der Waals surface area (Å²) >= 11 is 1.80. The minimum atomic E-state index is 0. The summed E-state index contributed by atoms with van der Waals surface area (Å²) in [4.78, 5) is 8.38. The van der Waals surface area contributed by atoms with E-state index in [0.29, 0.717) is 5.41 Å². The van der Waals surface area contributed by atoms with Crippen LogP contribution in [0, 0.1) is 12.3 Å². The molecule has 0 amide bonds. The van der Waals surface area contributed by atoms with Crippen molar-refractivity contribution in [3.63, 3.8) is 0 Å². The molecule has 2 fully saturated rings. The Kier molecular flexibility index (Phi) is 4.08. The second-order valence-corrected chi connectivity index (χ2v) is 6.19. The standard InChI is InChI=1S/C12H19N3S.ClH/c1-10-11(16-9-14-10)6-15-5-3-12(8-15)2-4-13-7-12;/h9,13H,2-8H2,1H3;1H. The highest BCUT2D eigenvalue weighted by Gasteiger charge is 2.40. The molecule has 0 bridgehead atoms. The van der Waals surface area contributed by atoms with E-state index in [2.05, 4.69) is 22.1 Å². The number of aromatic nitrogens is 1. The van der Waals surface area contributed by atoms with Crippen LogP contribution in [0.3, 0.4) is 0 Å². The molecule has 3 rings (SSSR count). The van der Waals surface area contributed by atoms with Gasteiger partial charge >= 0.3 is 0 Å². The number of nitrogens with one attached hydrogen (secondary N) is 1. The van der Waals surface area contributed by atoms with Gasteiger partial charge in [0.05, 0.1) is 11.2 Å². The molecule has 2 aliphatic rings. The minimum absolute atomic E-state index is 0. The molecule has 96 valence electrons. The zero-order valence-corrected chi connectivity index (χ0v) is 11.9. The van der Waals surface area contributed by atoms with Gasteiger partial charge < -0.3 is 5.32 Å². The molecule has 1 unspecified atom stereocenters. The summed E-state index contributed by atoms with van der Waals surface area (Å²) in [5.41, 5.74) is 3.78. The van der Waals surface area contributed by atoms with Gasteiger partial charge in [-0.25, -0.2) is 4.98 Å². The van der Waals surface area contributed by atoms with Crippen LogP contribution in [-0.2, 0) is 6.54 Å². The SMILES string of the molecule is Cc1ncsc1CN1CCC2(CCNC2)C1.Cl. The molecule has 1 spiro atoms. The van der Waals surface area contributed by atoms with Crippen molar-refractivity contribution in [3.8, 4) is 0 Å². The molecule has 2 aliphatic heterocycles. The van der Waals surface area contributed by atoms with Crippen molar-refractivity contribution in [3.05, 3.63) is 16.1 Å². The van der Waals surface area contributed by atoms with E-state index in [1.54, 1.807) is 11.3 Å². The number of rotatable bonds is 2. The largest absolute Gasteiger partial charge is 0.316 e. The number of nitrogens with zero attached hydrogens (tertiary/aromatic N) is 2. The average Bonchev–Trinajstić information content (AvgIpc) is 2.96. The molecular formula is C12H20ClN3S. The van der Waals surface area contributed by atoms with Crippen molar-refractivity contribution in [2.75, 3.05) is 26.2 Å². The molecule has 1 atom stereocenters. The summed E-state index contributed by atoms with van der Waals surface area (Å²) in [6.07, 6.45) is 2.74. The number of aryl methyl sites for hydroxylation is 1. The van der Waals surface area contributed by atoms with Crippen LogP contribution in [0.25, 0.3) is 0 Å². The highest BCUT2D eigenvalue weighted by atomic mass is 35.5. The number of likely N-dealkylation sites (tertiary alicyclic amines) is 1. The maximum Gasteiger partial charge on any atom is 0.0798 e. The number of halogens is 1. The van der Waals surface area contributed by atoms with Gasteiger partial charge in [0.15, 0.2) is 0 Å². The molecule has 0 saturated carbocycles. The van der Waals surface area contributed by atoms with Gasteiger partial charge in [-0.3, -0.25) is 4.90 Å². The van der Waals surface area contributed by atoms with Crippen LogP contribution in [0.2, 0.25) is 0 Å². The van der Waals surface area contributed by atoms with Crippen LogP contribution < -0.4 is 5.32 Å². The van der Waals surface area contributed by atoms with Crippen LogP contribution in [-0.4, -0.2) is 36.1 Å². The molecule has 3 heterocycles. The van der Waals surface area contributed by atoms with Gasteiger partial charge in [0, 0.05) is 24.5 Å². The Morgan fingerprint density at radius 2 is 2.41 bits per heavy atom. The normalized spacial score (nSPS) is 28.8. The van der Waals surface area contributed by atoms with Crippen molar-refractivity contribution in [1.29, 1.82) is 0 Å². The first-order chi connectivity index (χ1) is 7.77. The Bertz CT molecular complexity index is 374. The predicted molar refractivity (Wildman–Crippen MR) is 73.9 cm³/mol. The van der Waals surface area contributed by atoms with Crippen LogP contribution >= 0.6 is 23.7 Å². The third-order valence-electron chi connectivity index (χ3n) is 4.06. The Hall–Kier alpha value is -0.160. The second-order valence-electron chi connectivity index (χ2n) is 5.25. The molecular weight excluding hydrogens is 254 g/mol. The highest BCUT2D eigenvalue weighted by molar-refractivity contribution is 7.09. The quantitative estimate of drug-likeness (QED) is 0.894. The summed E-state index contributed by atoms with van der Waals surface area (Å²) in [5, 5.41) is 3.51. The van der Waals surface area contributed by atoms with E-state index in [9.17, 15) is 0 Å². The van der Waals surface area contributed by atoms with Crippen molar-refractivity contribution in [1.82, 2.24) is 15.2 Å². The lowest BCUT2D eigenvalue weighted by Gasteiger charge is -2.22. The average molecular weight is 274 g/mol. The topological polar surface area (TPSA) is 28.2 Å². The first kappa shape index (κ1) is 13.3. The second kappa shape index (κ2) is 5.22. The fourth-order valence-corrected chi connectivity index (χ4v) is 3.81. The Morgan fingerprint density at radius 1 is 1.53 bits per heavy atom. The maximum absolute atomic E-state index is 4.33. The van der Waals surface area contributed by atoms with Crippen molar-refractivity contribution in [2.45, 2.75) is 26.3 Å². The predicted octanol–water partition coefficient (Wildman–Crippen LogP) is 2.06. The van der Waals surface area contributed by atoms with Gasteiger partial charge in [-0.15, -0.1) is 23.7 Å². The van der Waals surface area contributed by atoms with Gasteiger partial charge in [-0.05, 0) is 38.3 Å². The van der Waals surface area contributed by atoms with Gasteiger partial charge in [-0.2, -0.15) is 0 Å². The van der Waals surface area contributed by atoms with Crippen molar-refractivity contribution >= 4 is 23.7 Å². The highest BCUT2D eigenvalue weighted by Crippen LogP contribution is 2.36. The van der Waals surface area contributed by atoms with Crippen LogP contribution in [0.5, 0.6) is 0 Å². The maximum atomic E-state index is 4.33. The molecule has 1 N–H and O–H groups in total. The third kappa shape index (κ3) is 2.65. The number of thiazole rings is 1. The molecule has 5 heteroatoms.